The second-order valence-electron chi connectivity index (χ2n) is 10.4. The molecule has 7 atom stereocenters. The highest BCUT2D eigenvalue weighted by atomic mass is 16.6. The van der Waals surface area contributed by atoms with E-state index in [1.54, 1.807) is 4.90 Å². The van der Waals surface area contributed by atoms with E-state index in [-0.39, 0.29) is 23.4 Å². The van der Waals surface area contributed by atoms with E-state index in [1.807, 2.05) is 18.5 Å². The number of esters is 1. The van der Waals surface area contributed by atoms with Crippen LogP contribution in [0.2, 0.25) is 0 Å². The van der Waals surface area contributed by atoms with Gasteiger partial charge in [0, 0.05) is 30.3 Å². The molecule has 4 aliphatic rings. The maximum Gasteiger partial charge on any atom is 0.315 e. The SMILES string of the molecule is C=C1CCC[C@]2(C)C[C@H]3OC(=O)[C@H](C[NH+]4CCCC[C@H]4c4cccnc4)[C@H]3C[C@@H]12. The highest BCUT2D eigenvalue weighted by Gasteiger charge is 2.56. The van der Waals surface area contributed by atoms with Crippen molar-refractivity contribution in [2.45, 2.75) is 70.4 Å². The summed E-state index contributed by atoms with van der Waals surface area (Å²) in [5.41, 5.74) is 3.03. The van der Waals surface area contributed by atoms with Crippen molar-refractivity contribution >= 4 is 5.97 Å². The summed E-state index contributed by atoms with van der Waals surface area (Å²) in [4.78, 5) is 18.9. The molecule has 0 amide bonds. The molecule has 0 radical (unpaired) electrons. The number of hydrogen-bond acceptors (Lipinski definition) is 3. The van der Waals surface area contributed by atoms with Gasteiger partial charge in [0.2, 0.25) is 0 Å². The summed E-state index contributed by atoms with van der Waals surface area (Å²) >= 11 is 0. The normalized spacial score (nSPS) is 42.1. The number of carbonyl (C=O) groups is 1. The Hall–Kier alpha value is -1.68. The maximum absolute atomic E-state index is 13.0. The number of piperidine rings is 1. The van der Waals surface area contributed by atoms with Crippen molar-refractivity contribution in [3.63, 3.8) is 0 Å². The van der Waals surface area contributed by atoms with Crippen molar-refractivity contribution in [2.24, 2.45) is 23.2 Å². The van der Waals surface area contributed by atoms with Crippen LogP contribution in [0, 0.1) is 23.2 Å². The summed E-state index contributed by atoms with van der Waals surface area (Å²) in [6.07, 6.45) is 13.5. The fraction of sp³-hybridized carbons (Fsp3) is 0.680. The molecule has 2 aliphatic carbocycles. The van der Waals surface area contributed by atoms with Crippen LogP contribution < -0.4 is 4.90 Å². The van der Waals surface area contributed by atoms with Gasteiger partial charge in [-0.2, -0.15) is 0 Å². The average molecular weight is 396 g/mol. The number of ether oxygens (including phenoxy) is 1. The molecule has 1 N–H and O–H groups in total. The molecule has 1 unspecified atom stereocenters. The number of nitrogens with zero attached hydrogens (tertiary/aromatic N) is 1. The van der Waals surface area contributed by atoms with Gasteiger partial charge >= 0.3 is 5.97 Å². The standard InChI is InChI=1S/C25H34N2O2/c1-17-7-5-10-25(2)14-23-19(13-21(17)25)20(24(28)29-23)16-27-12-4-3-9-22(27)18-8-6-11-26-15-18/h6,8,11,15,19-23H,1,3-5,7,9-10,12-14,16H2,2H3/p+1/t19-,20-,21+,22+,23-,25-/m1/s1. The summed E-state index contributed by atoms with van der Waals surface area (Å²) in [7, 11) is 0. The highest BCUT2D eigenvalue weighted by Crippen LogP contribution is 2.56. The van der Waals surface area contributed by atoms with E-state index in [2.05, 4.69) is 24.6 Å². The predicted octanol–water partition coefficient (Wildman–Crippen LogP) is 3.51. The second kappa shape index (κ2) is 7.54. The van der Waals surface area contributed by atoms with Crippen LogP contribution in [0.4, 0.5) is 0 Å². The Morgan fingerprint density at radius 2 is 2.24 bits per heavy atom. The summed E-state index contributed by atoms with van der Waals surface area (Å²) < 4.78 is 6.02. The largest absolute Gasteiger partial charge is 0.462 e. The Labute approximate surface area is 174 Å². The lowest BCUT2D eigenvalue weighted by Gasteiger charge is -2.50. The van der Waals surface area contributed by atoms with Gasteiger partial charge in [-0.3, -0.25) is 9.78 Å². The van der Waals surface area contributed by atoms with Gasteiger partial charge in [0.1, 0.15) is 18.1 Å². The summed E-state index contributed by atoms with van der Waals surface area (Å²) in [5.74, 6) is 1.06. The van der Waals surface area contributed by atoms with Crippen LogP contribution in [0.5, 0.6) is 0 Å². The molecule has 1 aromatic rings. The first-order chi connectivity index (χ1) is 14.0. The summed E-state index contributed by atoms with van der Waals surface area (Å²) in [6.45, 7) is 8.90. The fourth-order valence-electron chi connectivity index (χ4n) is 7.08. The van der Waals surface area contributed by atoms with Crippen LogP contribution in [-0.2, 0) is 9.53 Å². The maximum atomic E-state index is 13.0. The third-order valence-corrected chi connectivity index (χ3v) is 8.62. The van der Waals surface area contributed by atoms with E-state index in [1.165, 1.54) is 43.2 Å². The van der Waals surface area contributed by atoms with Gasteiger partial charge in [-0.05, 0) is 62.3 Å². The van der Waals surface area contributed by atoms with Gasteiger partial charge in [-0.25, -0.2) is 0 Å². The van der Waals surface area contributed by atoms with Crippen LogP contribution >= 0.6 is 0 Å². The van der Waals surface area contributed by atoms with Crippen molar-refractivity contribution in [3.05, 3.63) is 42.2 Å². The minimum absolute atomic E-state index is 0.0477. The van der Waals surface area contributed by atoms with Gasteiger partial charge < -0.3 is 9.64 Å². The number of fused-ring (bicyclic) bond motifs is 2. The first kappa shape index (κ1) is 19.3. The quantitative estimate of drug-likeness (QED) is 0.629. The molecule has 2 aliphatic heterocycles. The second-order valence-corrected chi connectivity index (χ2v) is 10.4. The van der Waals surface area contributed by atoms with Crippen LogP contribution in [0.25, 0.3) is 0 Å². The van der Waals surface area contributed by atoms with Gasteiger partial charge in [-0.1, -0.05) is 25.1 Å². The third kappa shape index (κ3) is 3.43. The molecule has 3 heterocycles. The zero-order valence-electron chi connectivity index (χ0n) is 17.7. The molecule has 2 saturated carbocycles. The van der Waals surface area contributed by atoms with Crippen molar-refractivity contribution in [3.8, 4) is 0 Å². The lowest BCUT2D eigenvalue weighted by atomic mass is 9.55. The number of carbonyl (C=O) groups excluding carboxylic acids is 1. The van der Waals surface area contributed by atoms with Gasteiger partial charge in [0.05, 0.1) is 13.1 Å². The number of aromatic nitrogens is 1. The fourth-order valence-corrected chi connectivity index (χ4v) is 7.08. The zero-order chi connectivity index (χ0) is 20.0. The van der Waals surface area contributed by atoms with E-state index in [4.69, 9.17) is 4.74 Å². The van der Waals surface area contributed by atoms with Crippen LogP contribution in [0.15, 0.2) is 36.7 Å². The zero-order valence-corrected chi connectivity index (χ0v) is 17.7. The van der Waals surface area contributed by atoms with Gasteiger partial charge in [0.25, 0.3) is 0 Å². The van der Waals surface area contributed by atoms with E-state index in [9.17, 15) is 4.79 Å². The predicted molar refractivity (Wildman–Crippen MR) is 112 cm³/mol. The molecule has 156 valence electrons. The number of nitrogens with one attached hydrogen (secondary N) is 1. The Morgan fingerprint density at radius 1 is 1.34 bits per heavy atom. The number of rotatable bonds is 3. The highest BCUT2D eigenvalue weighted by molar-refractivity contribution is 5.75. The number of hydrogen-bond donors (Lipinski definition) is 1. The van der Waals surface area contributed by atoms with Crippen molar-refractivity contribution in [1.82, 2.24) is 4.98 Å². The molecule has 1 aromatic heterocycles. The van der Waals surface area contributed by atoms with Crippen molar-refractivity contribution in [2.75, 3.05) is 13.1 Å². The Kier molecular flexibility index (Phi) is 5.01. The first-order valence-electron chi connectivity index (χ1n) is 11.7. The molecule has 4 fully saturated rings. The van der Waals surface area contributed by atoms with Crippen molar-refractivity contribution in [1.29, 1.82) is 0 Å². The molecule has 29 heavy (non-hydrogen) atoms. The Bertz CT molecular complexity index is 778. The van der Waals surface area contributed by atoms with E-state index >= 15 is 0 Å². The molecule has 0 aromatic carbocycles. The monoisotopic (exact) mass is 395 g/mol. The molecule has 2 saturated heterocycles. The number of pyridine rings is 1. The topological polar surface area (TPSA) is 43.6 Å². The van der Waals surface area contributed by atoms with Gasteiger partial charge in [-0.15, -0.1) is 0 Å². The molecule has 4 heteroatoms. The first-order valence-corrected chi connectivity index (χ1v) is 11.7. The molecular formula is C25H35N2O2+. The molecule has 0 bridgehead atoms. The molecule has 5 rings (SSSR count). The smallest absolute Gasteiger partial charge is 0.315 e. The van der Waals surface area contributed by atoms with Gasteiger partial charge in [0.15, 0.2) is 0 Å². The number of quaternary nitrogens is 1. The minimum Gasteiger partial charge on any atom is -0.462 e. The van der Waals surface area contributed by atoms with Crippen molar-refractivity contribution < 1.29 is 14.4 Å². The Morgan fingerprint density at radius 3 is 3.07 bits per heavy atom. The van der Waals surface area contributed by atoms with Crippen LogP contribution in [0.3, 0.4) is 0 Å². The van der Waals surface area contributed by atoms with E-state index < -0.39 is 0 Å². The summed E-state index contributed by atoms with van der Waals surface area (Å²) in [5, 5.41) is 0. The molecular weight excluding hydrogens is 360 g/mol. The minimum atomic E-state index is 0.0477. The lowest BCUT2D eigenvalue weighted by molar-refractivity contribution is -0.939. The third-order valence-electron chi connectivity index (χ3n) is 8.62. The molecule has 4 nitrogen and oxygen atoms in total. The lowest BCUT2D eigenvalue weighted by Crippen LogP contribution is -3.14. The summed E-state index contributed by atoms with van der Waals surface area (Å²) in [6, 6.07) is 4.71. The number of allylic oxidation sites excluding steroid dienone is 1. The Balaban J connectivity index is 1.35. The van der Waals surface area contributed by atoms with E-state index in [0.717, 1.165) is 32.4 Å². The number of likely N-dealkylation sites (tertiary alicyclic amines) is 1. The van der Waals surface area contributed by atoms with Crippen LogP contribution in [0.1, 0.15) is 69.9 Å². The van der Waals surface area contributed by atoms with Crippen LogP contribution in [-0.4, -0.2) is 30.1 Å². The average Bonchev–Trinajstić information content (AvgIpc) is 3.01. The van der Waals surface area contributed by atoms with E-state index in [0.29, 0.717) is 17.9 Å². The molecule has 0 spiro atoms.